The van der Waals surface area contributed by atoms with Crippen LogP contribution in [0.15, 0.2) is 9.42 Å². The van der Waals surface area contributed by atoms with Crippen LogP contribution in [0.3, 0.4) is 0 Å². The molecule has 1 heterocycles. The van der Waals surface area contributed by atoms with Gasteiger partial charge in [-0.05, 0) is 25.7 Å². The number of aromatic nitrogens is 1. The van der Waals surface area contributed by atoms with E-state index in [-0.39, 0.29) is 16.4 Å². The predicted octanol–water partition coefficient (Wildman–Crippen LogP) is 2.77. The zero-order valence-corrected chi connectivity index (χ0v) is 14.4. The Kier molecular flexibility index (Phi) is 5.20. The second kappa shape index (κ2) is 5.93. The lowest BCUT2D eigenvalue weighted by Gasteiger charge is -2.30. The van der Waals surface area contributed by atoms with Crippen molar-refractivity contribution in [2.45, 2.75) is 52.0 Å². The molecule has 0 aliphatic carbocycles. The highest BCUT2D eigenvalue weighted by molar-refractivity contribution is 9.09. The van der Waals surface area contributed by atoms with Crippen molar-refractivity contribution in [1.29, 1.82) is 0 Å². The average molecular weight is 353 g/mol. The van der Waals surface area contributed by atoms with Crippen LogP contribution in [0.1, 0.15) is 38.6 Å². The Morgan fingerprint density at radius 2 is 1.95 bits per heavy atom. The van der Waals surface area contributed by atoms with Crippen molar-refractivity contribution in [1.82, 2.24) is 9.88 Å². The normalized spacial score (nSPS) is 14.6. The summed E-state index contributed by atoms with van der Waals surface area (Å²) in [5, 5.41) is 4.43. The highest BCUT2D eigenvalue weighted by atomic mass is 79.9. The first-order valence-corrected chi connectivity index (χ1v) is 8.71. The maximum atomic E-state index is 12.4. The van der Waals surface area contributed by atoms with Crippen molar-refractivity contribution >= 4 is 26.0 Å². The van der Waals surface area contributed by atoms with Crippen LogP contribution in [0.25, 0.3) is 0 Å². The molecule has 0 bridgehead atoms. The standard InChI is InChI=1S/C12H21BrN2O3S/c1-8-11(9(2)18-14-8)19(16,17)15-10(6-7-13)12(3,4)5/h10,15H,6-7H2,1-5H3. The molecule has 1 atom stereocenters. The molecule has 0 saturated heterocycles. The largest absolute Gasteiger partial charge is 0.360 e. The molecule has 1 rings (SSSR count). The number of rotatable bonds is 5. The molecule has 19 heavy (non-hydrogen) atoms. The predicted molar refractivity (Wildman–Crippen MR) is 78.0 cm³/mol. The lowest BCUT2D eigenvalue weighted by Crippen LogP contribution is -2.44. The maximum absolute atomic E-state index is 12.4. The van der Waals surface area contributed by atoms with Gasteiger partial charge in [0.2, 0.25) is 10.0 Å². The van der Waals surface area contributed by atoms with Gasteiger partial charge in [0.1, 0.15) is 10.6 Å². The number of nitrogens with zero attached hydrogens (tertiary/aromatic N) is 1. The summed E-state index contributed by atoms with van der Waals surface area (Å²) in [6.07, 6.45) is 0.714. The van der Waals surface area contributed by atoms with Gasteiger partial charge in [-0.3, -0.25) is 0 Å². The van der Waals surface area contributed by atoms with Crippen LogP contribution in [0.2, 0.25) is 0 Å². The fraction of sp³-hybridized carbons (Fsp3) is 0.750. The van der Waals surface area contributed by atoms with E-state index in [1.54, 1.807) is 13.8 Å². The molecular formula is C12H21BrN2O3S. The first-order valence-electron chi connectivity index (χ1n) is 6.10. The quantitative estimate of drug-likeness (QED) is 0.827. The van der Waals surface area contributed by atoms with Gasteiger partial charge in [0.25, 0.3) is 0 Å². The minimum absolute atomic E-state index is 0.149. The molecule has 5 nitrogen and oxygen atoms in total. The molecule has 0 saturated carbocycles. The first kappa shape index (κ1) is 16.7. The van der Waals surface area contributed by atoms with Crippen LogP contribution >= 0.6 is 15.9 Å². The van der Waals surface area contributed by atoms with E-state index in [0.29, 0.717) is 17.9 Å². The summed E-state index contributed by atoms with van der Waals surface area (Å²) in [6.45, 7) is 9.26. The summed E-state index contributed by atoms with van der Waals surface area (Å²) in [5.74, 6) is 0.316. The fourth-order valence-electron chi connectivity index (χ4n) is 1.88. The SMILES string of the molecule is Cc1noc(C)c1S(=O)(=O)NC(CCBr)C(C)(C)C. The molecule has 0 amide bonds. The summed E-state index contributed by atoms with van der Waals surface area (Å²) in [4.78, 5) is 0.149. The fourth-order valence-corrected chi connectivity index (χ4v) is 4.15. The third-order valence-corrected chi connectivity index (χ3v) is 5.15. The van der Waals surface area contributed by atoms with Crippen molar-refractivity contribution < 1.29 is 12.9 Å². The van der Waals surface area contributed by atoms with Crippen molar-refractivity contribution in [3.8, 4) is 0 Å². The number of hydrogen-bond acceptors (Lipinski definition) is 4. The summed E-state index contributed by atoms with van der Waals surface area (Å²) in [6, 6.07) is -0.162. The molecule has 1 aromatic heterocycles. The van der Waals surface area contributed by atoms with Gasteiger partial charge in [0, 0.05) is 11.4 Å². The molecule has 0 fully saturated rings. The van der Waals surface area contributed by atoms with E-state index >= 15 is 0 Å². The number of aryl methyl sites for hydroxylation is 2. The number of sulfonamides is 1. The Hall–Kier alpha value is -0.400. The van der Waals surface area contributed by atoms with E-state index in [0.717, 1.165) is 5.33 Å². The molecule has 1 aromatic rings. The molecule has 0 aliphatic rings. The smallest absolute Gasteiger partial charge is 0.246 e. The minimum Gasteiger partial charge on any atom is -0.360 e. The van der Waals surface area contributed by atoms with Crippen LogP contribution < -0.4 is 4.72 Å². The van der Waals surface area contributed by atoms with Gasteiger partial charge in [-0.25, -0.2) is 13.1 Å². The van der Waals surface area contributed by atoms with Crippen LogP contribution in [0.5, 0.6) is 0 Å². The van der Waals surface area contributed by atoms with Crippen molar-refractivity contribution in [2.75, 3.05) is 5.33 Å². The molecular weight excluding hydrogens is 332 g/mol. The number of alkyl halides is 1. The molecule has 0 aliphatic heterocycles. The lowest BCUT2D eigenvalue weighted by atomic mass is 9.86. The molecule has 0 radical (unpaired) electrons. The van der Waals surface area contributed by atoms with Gasteiger partial charge in [0.05, 0.1) is 0 Å². The summed E-state index contributed by atoms with van der Waals surface area (Å²) < 4.78 is 32.6. The van der Waals surface area contributed by atoms with Gasteiger partial charge in [0.15, 0.2) is 5.76 Å². The highest BCUT2D eigenvalue weighted by Gasteiger charge is 2.32. The van der Waals surface area contributed by atoms with E-state index in [2.05, 4.69) is 25.8 Å². The van der Waals surface area contributed by atoms with E-state index in [4.69, 9.17) is 4.52 Å². The van der Waals surface area contributed by atoms with Crippen LogP contribution in [-0.4, -0.2) is 24.9 Å². The van der Waals surface area contributed by atoms with Gasteiger partial charge in [-0.15, -0.1) is 0 Å². The number of hydrogen-bond donors (Lipinski definition) is 1. The second-order valence-electron chi connectivity index (χ2n) is 5.67. The monoisotopic (exact) mass is 352 g/mol. The van der Waals surface area contributed by atoms with E-state index in [1.807, 2.05) is 20.8 Å². The number of halogens is 1. The Morgan fingerprint density at radius 1 is 1.37 bits per heavy atom. The zero-order valence-electron chi connectivity index (χ0n) is 11.9. The van der Waals surface area contributed by atoms with Crippen LogP contribution in [0, 0.1) is 19.3 Å². The van der Waals surface area contributed by atoms with Gasteiger partial charge < -0.3 is 4.52 Å². The molecule has 1 N–H and O–H groups in total. The van der Waals surface area contributed by atoms with Crippen molar-refractivity contribution in [3.63, 3.8) is 0 Å². The zero-order chi connectivity index (χ0) is 14.8. The lowest BCUT2D eigenvalue weighted by molar-refractivity contribution is 0.293. The van der Waals surface area contributed by atoms with Gasteiger partial charge in [-0.1, -0.05) is 41.9 Å². The van der Waals surface area contributed by atoms with E-state index in [1.165, 1.54) is 0 Å². The minimum atomic E-state index is -3.61. The topological polar surface area (TPSA) is 72.2 Å². The van der Waals surface area contributed by atoms with Crippen molar-refractivity contribution in [3.05, 3.63) is 11.5 Å². The molecule has 110 valence electrons. The Morgan fingerprint density at radius 3 is 2.32 bits per heavy atom. The highest BCUT2D eigenvalue weighted by Crippen LogP contribution is 2.26. The second-order valence-corrected chi connectivity index (χ2v) is 8.11. The third-order valence-electron chi connectivity index (χ3n) is 2.98. The number of nitrogens with one attached hydrogen (secondary N) is 1. The summed E-state index contributed by atoms with van der Waals surface area (Å²) in [7, 11) is -3.61. The van der Waals surface area contributed by atoms with E-state index < -0.39 is 10.0 Å². The van der Waals surface area contributed by atoms with E-state index in [9.17, 15) is 8.42 Å². The molecule has 1 unspecified atom stereocenters. The van der Waals surface area contributed by atoms with Crippen molar-refractivity contribution in [2.24, 2.45) is 5.41 Å². The van der Waals surface area contributed by atoms with Crippen LogP contribution in [0.4, 0.5) is 0 Å². The van der Waals surface area contributed by atoms with Crippen LogP contribution in [-0.2, 0) is 10.0 Å². The third kappa shape index (κ3) is 4.03. The maximum Gasteiger partial charge on any atom is 0.246 e. The summed E-state index contributed by atoms with van der Waals surface area (Å²) >= 11 is 3.36. The summed E-state index contributed by atoms with van der Waals surface area (Å²) in [5.41, 5.74) is 0.219. The van der Waals surface area contributed by atoms with Gasteiger partial charge >= 0.3 is 0 Å². The van der Waals surface area contributed by atoms with Gasteiger partial charge in [-0.2, -0.15) is 0 Å². The Balaban J connectivity index is 3.08. The average Bonchev–Trinajstić information content (AvgIpc) is 2.56. The Labute approximate surface area is 123 Å². The molecule has 0 spiro atoms. The Bertz CT molecular complexity index is 512. The molecule has 0 aromatic carbocycles. The molecule has 7 heteroatoms. The first-order chi connectivity index (χ1) is 8.59.